The van der Waals surface area contributed by atoms with Gasteiger partial charge in [-0.25, -0.2) is 0 Å². The third kappa shape index (κ3) is 5.52. The van der Waals surface area contributed by atoms with Gasteiger partial charge in [0.25, 0.3) is 0 Å². The molecule has 2 rings (SSSR count). The van der Waals surface area contributed by atoms with Crippen molar-refractivity contribution in [1.82, 2.24) is 10.2 Å². The van der Waals surface area contributed by atoms with Crippen LogP contribution in [0.1, 0.15) is 25.8 Å². The van der Waals surface area contributed by atoms with Crippen LogP contribution in [-0.2, 0) is 16.0 Å². The second kappa shape index (κ2) is 9.53. The highest BCUT2D eigenvalue weighted by molar-refractivity contribution is 5.93. The fourth-order valence-electron chi connectivity index (χ4n) is 2.69. The smallest absolute Gasteiger partial charge is 0.228 e. The lowest BCUT2D eigenvalue weighted by Gasteiger charge is -2.18. The van der Waals surface area contributed by atoms with Gasteiger partial charge in [0.2, 0.25) is 11.8 Å². The van der Waals surface area contributed by atoms with Crippen molar-refractivity contribution >= 4 is 29.9 Å². The summed E-state index contributed by atoms with van der Waals surface area (Å²) in [4.78, 5) is 25.9. The van der Waals surface area contributed by atoms with E-state index in [1.54, 1.807) is 0 Å². The van der Waals surface area contributed by atoms with Gasteiger partial charge in [-0.15, -0.1) is 12.4 Å². The molecule has 128 valence electrons. The van der Waals surface area contributed by atoms with Crippen molar-refractivity contribution in [2.75, 3.05) is 31.5 Å². The number of halogens is 1. The largest absolute Gasteiger partial charge is 0.343 e. The number of carbonyl (C=O) groups is 2. The first-order valence-electron chi connectivity index (χ1n) is 8.02. The van der Waals surface area contributed by atoms with E-state index in [1.165, 1.54) is 0 Å². The Kier molecular flexibility index (Phi) is 8.06. The fraction of sp³-hybridized carbons (Fsp3) is 0.529. The van der Waals surface area contributed by atoms with Gasteiger partial charge in [-0.1, -0.05) is 12.1 Å². The maximum Gasteiger partial charge on any atom is 0.228 e. The highest BCUT2D eigenvalue weighted by Crippen LogP contribution is 2.14. The van der Waals surface area contributed by atoms with Gasteiger partial charge >= 0.3 is 0 Å². The minimum absolute atomic E-state index is 0. The molecule has 5 nitrogen and oxygen atoms in total. The van der Waals surface area contributed by atoms with Crippen LogP contribution in [0.3, 0.4) is 0 Å². The van der Waals surface area contributed by atoms with Gasteiger partial charge in [0, 0.05) is 25.3 Å². The van der Waals surface area contributed by atoms with E-state index >= 15 is 0 Å². The zero-order valence-corrected chi connectivity index (χ0v) is 14.6. The molecular formula is C17H26ClN3O2. The molecule has 2 amide bonds. The van der Waals surface area contributed by atoms with Gasteiger partial charge in [0.15, 0.2) is 0 Å². The van der Waals surface area contributed by atoms with Crippen molar-refractivity contribution in [3.63, 3.8) is 0 Å². The fourth-order valence-corrected chi connectivity index (χ4v) is 2.69. The molecule has 0 aliphatic carbocycles. The standard InChI is InChI=1S/C17H25N3O2.ClH/c1-3-20(4-2)16(21)11-13-5-7-15(8-6-13)19-17(22)14-9-10-18-12-14;/h5-8,14,18H,3-4,9-12H2,1-2H3,(H,19,22);1H. The minimum Gasteiger partial charge on any atom is -0.343 e. The summed E-state index contributed by atoms with van der Waals surface area (Å²) in [6, 6.07) is 7.55. The average molecular weight is 340 g/mol. The number of nitrogens with zero attached hydrogens (tertiary/aromatic N) is 1. The van der Waals surface area contributed by atoms with E-state index in [2.05, 4.69) is 10.6 Å². The van der Waals surface area contributed by atoms with E-state index in [-0.39, 0.29) is 30.1 Å². The van der Waals surface area contributed by atoms with Crippen molar-refractivity contribution in [3.05, 3.63) is 29.8 Å². The number of anilines is 1. The Morgan fingerprint density at radius 1 is 1.22 bits per heavy atom. The third-order valence-corrected chi connectivity index (χ3v) is 4.12. The summed E-state index contributed by atoms with van der Waals surface area (Å²) in [5.74, 6) is 0.264. The van der Waals surface area contributed by atoms with Crippen molar-refractivity contribution in [3.8, 4) is 0 Å². The topological polar surface area (TPSA) is 61.4 Å². The van der Waals surface area contributed by atoms with Gasteiger partial charge in [-0.3, -0.25) is 9.59 Å². The lowest BCUT2D eigenvalue weighted by Crippen LogP contribution is -2.31. The van der Waals surface area contributed by atoms with Gasteiger partial charge < -0.3 is 15.5 Å². The van der Waals surface area contributed by atoms with Crippen molar-refractivity contribution in [2.24, 2.45) is 5.92 Å². The summed E-state index contributed by atoms with van der Waals surface area (Å²) in [6.07, 6.45) is 1.30. The molecule has 0 radical (unpaired) electrons. The number of nitrogens with one attached hydrogen (secondary N) is 2. The second-order valence-corrected chi connectivity index (χ2v) is 5.62. The Bertz CT molecular complexity index is 474. The van der Waals surface area contributed by atoms with Crippen LogP contribution in [0.5, 0.6) is 0 Å². The van der Waals surface area contributed by atoms with Crippen LogP contribution in [0.25, 0.3) is 0 Å². The van der Waals surface area contributed by atoms with Crippen LogP contribution < -0.4 is 10.6 Å². The highest BCUT2D eigenvalue weighted by atomic mass is 35.5. The molecule has 1 saturated heterocycles. The number of hydrogen-bond donors (Lipinski definition) is 2. The van der Waals surface area contributed by atoms with E-state index in [0.29, 0.717) is 6.42 Å². The molecule has 6 heteroatoms. The van der Waals surface area contributed by atoms with Gasteiger partial charge in [-0.05, 0) is 44.5 Å². The first kappa shape index (κ1) is 19.5. The van der Waals surface area contributed by atoms with Crippen LogP contribution in [0, 0.1) is 5.92 Å². The maximum atomic E-state index is 12.1. The molecule has 2 N–H and O–H groups in total. The number of hydrogen-bond acceptors (Lipinski definition) is 3. The first-order chi connectivity index (χ1) is 10.6. The van der Waals surface area contributed by atoms with E-state index < -0.39 is 0 Å². The predicted molar refractivity (Wildman–Crippen MR) is 94.9 cm³/mol. The Morgan fingerprint density at radius 2 is 1.87 bits per heavy atom. The molecule has 1 fully saturated rings. The average Bonchev–Trinajstić information content (AvgIpc) is 3.05. The molecular weight excluding hydrogens is 314 g/mol. The van der Waals surface area contributed by atoms with Gasteiger partial charge in [0.1, 0.15) is 0 Å². The van der Waals surface area contributed by atoms with E-state index in [9.17, 15) is 9.59 Å². The summed E-state index contributed by atoms with van der Waals surface area (Å²) in [6.45, 7) is 7.10. The summed E-state index contributed by atoms with van der Waals surface area (Å²) in [7, 11) is 0. The Balaban J connectivity index is 0.00000264. The van der Waals surface area contributed by atoms with Gasteiger partial charge in [-0.2, -0.15) is 0 Å². The molecule has 1 aliphatic rings. The molecule has 1 heterocycles. The second-order valence-electron chi connectivity index (χ2n) is 5.62. The van der Waals surface area contributed by atoms with Crippen LogP contribution in [0.4, 0.5) is 5.69 Å². The van der Waals surface area contributed by atoms with Crippen LogP contribution in [0.2, 0.25) is 0 Å². The first-order valence-corrected chi connectivity index (χ1v) is 8.02. The molecule has 0 spiro atoms. The lowest BCUT2D eigenvalue weighted by atomic mass is 10.1. The van der Waals surface area contributed by atoms with Crippen LogP contribution in [-0.4, -0.2) is 42.9 Å². The molecule has 1 atom stereocenters. The number of likely N-dealkylation sites (N-methyl/N-ethyl adjacent to an activating group) is 1. The summed E-state index contributed by atoms with van der Waals surface area (Å²) >= 11 is 0. The number of carbonyl (C=O) groups excluding carboxylic acids is 2. The summed E-state index contributed by atoms with van der Waals surface area (Å²) < 4.78 is 0. The van der Waals surface area contributed by atoms with E-state index in [1.807, 2.05) is 43.0 Å². The number of rotatable bonds is 6. The Hall–Kier alpha value is -1.59. The predicted octanol–water partition coefficient (Wildman–Crippen LogP) is 2.07. The highest BCUT2D eigenvalue weighted by Gasteiger charge is 2.22. The molecule has 1 aliphatic heterocycles. The lowest BCUT2D eigenvalue weighted by molar-refractivity contribution is -0.130. The Labute approximate surface area is 144 Å². The van der Waals surface area contributed by atoms with Gasteiger partial charge in [0.05, 0.1) is 12.3 Å². The number of amides is 2. The molecule has 0 aromatic heterocycles. The Morgan fingerprint density at radius 3 is 2.39 bits per heavy atom. The van der Waals surface area contributed by atoms with Crippen molar-refractivity contribution < 1.29 is 9.59 Å². The van der Waals surface area contributed by atoms with E-state index in [4.69, 9.17) is 0 Å². The molecule has 0 saturated carbocycles. The van der Waals surface area contributed by atoms with Crippen molar-refractivity contribution in [2.45, 2.75) is 26.7 Å². The third-order valence-electron chi connectivity index (χ3n) is 4.12. The summed E-state index contributed by atoms with van der Waals surface area (Å²) in [5.41, 5.74) is 1.76. The molecule has 0 bridgehead atoms. The van der Waals surface area contributed by atoms with E-state index in [0.717, 1.165) is 43.9 Å². The quantitative estimate of drug-likeness (QED) is 0.834. The molecule has 1 aromatic carbocycles. The molecule has 1 aromatic rings. The maximum absolute atomic E-state index is 12.1. The zero-order valence-electron chi connectivity index (χ0n) is 13.8. The molecule has 23 heavy (non-hydrogen) atoms. The normalized spacial score (nSPS) is 16.5. The van der Waals surface area contributed by atoms with Crippen LogP contribution >= 0.6 is 12.4 Å². The SMILES string of the molecule is CCN(CC)C(=O)Cc1ccc(NC(=O)C2CCNC2)cc1.Cl. The monoisotopic (exact) mass is 339 g/mol. The minimum atomic E-state index is 0. The molecule has 1 unspecified atom stereocenters. The van der Waals surface area contributed by atoms with Crippen molar-refractivity contribution in [1.29, 1.82) is 0 Å². The van der Waals surface area contributed by atoms with Crippen LogP contribution in [0.15, 0.2) is 24.3 Å². The zero-order chi connectivity index (χ0) is 15.9. The number of benzene rings is 1. The summed E-state index contributed by atoms with van der Waals surface area (Å²) in [5, 5.41) is 6.12.